The Hall–Kier alpha value is -1.14. The minimum Gasteiger partial charge on any atom is -0.388 e. The van der Waals surface area contributed by atoms with Crippen molar-refractivity contribution in [3.8, 4) is 0 Å². The molecule has 0 spiro atoms. The van der Waals surface area contributed by atoms with Gasteiger partial charge in [0.25, 0.3) is 0 Å². The van der Waals surface area contributed by atoms with Gasteiger partial charge < -0.3 is 5.73 Å². The summed E-state index contributed by atoms with van der Waals surface area (Å²) in [7, 11) is -7.31. The molecule has 11 heteroatoms. The summed E-state index contributed by atoms with van der Waals surface area (Å²) in [6, 6.07) is 2.68. The summed E-state index contributed by atoms with van der Waals surface area (Å²) in [5.41, 5.74) is 5.66. The molecule has 1 heterocycles. The molecule has 0 aliphatic heterocycles. The second kappa shape index (κ2) is 7.22. The Morgan fingerprint density at radius 2 is 1.95 bits per heavy atom. The van der Waals surface area contributed by atoms with Crippen molar-refractivity contribution in [2.45, 2.75) is 11.8 Å². The van der Waals surface area contributed by atoms with Crippen LogP contribution in [0.1, 0.15) is 12.6 Å². The SMILES string of the molecule is CCNS(=O)(=O)CCNS(=O)(=O)c1ccc(C(N)=S)nc1. The summed E-state index contributed by atoms with van der Waals surface area (Å²) in [6.07, 6.45) is 1.11. The van der Waals surface area contributed by atoms with Crippen molar-refractivity contribution < 1.29 is 16.8 Å². The molecule has 1 aromatic rings. The number of thiocarbonyl (C=S) groups is 1. The third-order valence-electron chi connectivity index (χ3n) is 2.33. The summed E-state index contributed by atoms with van der Waals surface area (Å²) >= 11 is 4.71. The Bertz CT molecular complexity index is 698. The highest BCUT2D eigenvalue weighted by molar-refractivity contribution is 7.90. The summed E-state index contributed by atoms with van der Waals surface area (Å²) in [6.45, 7) is 1.64. The number of nitrogens with two attached hydrogens (primary N) is 1. The van der Waals surface area contributed by atoms with E-state index in [9.17, 15) is 16.8 Å². The zero-order valence-corrected chi connectivity index (χ0v) is 13.7. The number of nitrogens with one attached hydrogen (secondary N) is 2. The van der Waals surface area contributed by atoms with Crippen LogP contribution in [0.25, 0.3) is 0 Å². The quantitative estimate of drug-likeness (QED) is 0.508. The third kappa shape index (κ3) is 5.63. The van der Waals surface area contributed by atoms with Crippen molar-refractivity contribution in [1.82, 2.24) is 14.4 Å². The van der Waals surface area contributed by atoms with Crippen molar-refractivity contribution in [2.24, 2.45) is 5.73 Å². The highest BCUT2D eigenvalue weighted by atomic mass is 32.2. The average Bonchev–Trinajstić information content (AvgIpc) is 2.38. The molecule has 118 valence electrons. The smallest absolute Gasteiger partial charge is 0.242 e. The van der Waals surface area contributed by atoms with Gasteiger partial charge in [-0.15, -0.1) is 0 Å². The van der Waals surface area contributed by atoms with Crippen LogP contribution in [-0.2, 0) is 20.0 Å². The maximum atomic E-state index is 11.9. The fourth-order valence-corrected chi connectivity index (χ4v) is 3.55. The molecule has 0 aliphatic rings. The first-order valence-electron chi connectivity index (χ1n) is 5.91. The van der Waals surface area contributed by atoms with E-state index in [1.807, 2.05) is 0 Å². The van der Waals surface area contributed by atoms with E-state index >= 15 is 0 Å². The van der Waals surface area contributed by atoms with E-state index in [-0.39, 0.29) is 28.7 Å². The zero-order valence-electron chi connectivity index (χ0n) is 11.2. The van der Waals surface area contributed by atoms with Crippen molar-refractivity contribution in [3.05, 3.63) is 24.0 Å². The number of sulfonamides is 2. The minimum atomic E-state index is -3.83. The van der Waals surface area contributed by atoms with Crippen molar-refractivity contribution in [3.63, 3.8) is 0 Å². The largest absolute Gasteiger partial charge is 0.388 e. The van der Waals surface area contributed by atoms with Crippen molar-refractivity contribution in [1.29, 1.82) is 0 Å². The van der Waals surface area contributed by atoms with Crippen LogP contribution in [0.15, 0.2) is 23.2 Å². The maximum Gasteiger partial charge on any atom is 0.242 e. The molecule has 0 bridgehead atoms. The van der Waals surface area contributed by atoms with Crippen LogP contribution in [0.2, 0.25) is 0 Å². The van der Waals surface area contributed by atoms with Crippen LogP contribution in [0, 0.1) is 0 Å². The van der Waals surface area contributed by atoms with Crippen LogP contribution in [0.3, 0.4) is 0 Å². The van der Waals surface area contributed by atoms with Crippen LogP contribution < -0.4 is 15.2 Å². The lowest BCUT2D eigenvalue weighted by Gasteiger charge is -2.08. The summed E-state index contributed by atoms with van der Waals surface area (Å²) in [5, 5.41) is 0. The average molecular weight is 352 g/mol. The Kier molecular flexibility index (Phi) is 6.16. The molecule has 0 radical (unpaired) electrons. The molecule has 0 amide bonds. The Labute approximate surface area is 129 Å². The standard InChI is InChI=1S/C10H16N4O4S3/c1-2-13-20(15,16)6-5-14-21(17,18)8-3-4-9(10(11)19)12-7-8/h3-4,7,13-14H,2,5-6H2,1H3,(H2,11,19). The van der Waals surface area contributed by atoms with Crippen molar-refractivity contribution in [2.75, 3.05) is 18.8 Å². The van der Waals surface area contributed by atoms with Crippen LogP contribution in [-0.4, -0.2) is 45.7 Å². The van der Waals surface area contributed by atoms with E-state index in [4.69, 9.17) is 18.0 Å². The van der Waals surface area contributed by atoms with E-state index in [1.54, 1.807) is 6.92 Å². The van der Waals surface area contributed by atoms with Crippen LogP contribution in [0.5, 0.6) is 0 Å². The molecule has 0 aromatic carbocycles. The molecule has 0 unspecified atom stereocenters. The van der Waals surface area contributed by atoms with Gasteiger partial charge in [0.15, 0.2) is 0 Å². The van der Waals surface area contributed by atoms with Gasteiger partial charge in [-0.1, -0.05) is 19.1 Å². The van der Waals surface area contributed by atoms with Gasteiger partial charge in [-0.05, 0) is 12.1 Å². The monoisotopic (exact) mass is 352 g/mol. The molecule has 0 saturated carbocycles. The lowest BCUT2D eigenvalue weighted by molar-refractivity contribution is 0.576. The predicted octanol–water partition coefficient (Wildman–Crippen LogP) is -1.07. The van der Waals surface area contributed by atoms with E-state index in [0.29, 0.717) is 5.69 Å². The number of hydrogen-bond donors (Lipinski definition) is 3. The number of rotatable bonds is 8. The molecule has 21 heavy (non-hydrogen) atoms. The van der Waals surface area contributed by atoms with E-state index in [2.05, 4.69) is 14.4 Å². The first kappa shape index (κ1) is 17.9. The Morgan fingerprint density at radius 3 is 2.43 bits per heavy atom. The molecule has 4 N–H and O–H groups in total. The van der Waals surface area contributed by atoms with Gasteiger partial charge in [-0.3, -0.25) is 4.98 Å². The van der Waals surface area contributed by atoms with Gasteiger partial charge in [0, 0.05) is 19.3 Å². The molecular weight excluding hydrogens is 336 g/mol. The van der Waals surface area contributed by atoms with E-state index in [1.165, 1.54) is 12.1 Å². The summed E-state index contributed by atoms with van der Waals surface area (Å²) in [5.74, 6) is -0.349. The molecular formula is C10H16N4O4S3. The Morgan fingerprint density at radius 1 is 1.29 bits per heavy atom. The zero-order chi connectivity index (χ0) is 16.1. The van der Waals surface area contributed by atoms with Gasteiger partial charge >= 0.3 is 0 Å². The highest BCUT2D eigenvalue weighted by Crippen LogP contribution is 2.07. The van der Waals surface area contributed by atoms with Crippen LogP contribution >= 0.6 is 12.2 Å². The van der Waals surface area contributed by atoms with E-state index in [0.717, 1.165) is 6.20 Å². The summed E-state index contributed by atoms with van der Waals surface area (Å²) in [4.78, 5) is 3.78. The van der Waals surface area contributed by atoms with Gasteiger partial charge in [0.05, 0.1) is 11.4 Å². The molecule has 0 aliphatic carbocycles. The van der Waals surface area contributed by atoms with Crippen LogP contribution in [0.4, 0.5) is 0 Å². The lowest BCUT2D eigenvalue weighted by Crippen LogP contribution is -2.34. The minimum absolute atomic E-state index is 0.0589. The fourth-order valence-electron chi connectivity index (χ4n) is 1.37. The fraction of sp³-hybridized carbons (Fsp3) is 0.400. The second-order valence-corrected chi connectivity index (χ2v) is 8.09. The van der Waals surface area contributed by atoms with E-state index < -0.39 is 20.0 Å². The molecule has 0 fully saturated rings. The van der Waals surface area contributed by atoms with Crippen molar-refractivity contribution >= 4 is 37.3 Å². The van der Waals surface area contributed by atoms with Gasteiger partial charge in [-0.2, -0.15) is 0 Å². The first-order chi connectivity index (χ1) is 9.68. The highest BCUT2D eigenvalue weighted by Gasteiger charge is 2.16. The number of nitrogens with zero attached hydrogens (tertiary/aromatic N) is 1. The number of aromatic nitrogens is 1. The lowest BCUT2D eigenvalue weighted by atomic mass is 10.3. The number of pyridine rings is 1. The Balaban J connectivity index is 2.72. The molecule has 8 nitrogen and oxygen atoms in total. The van der Waals surface area contributed by atoms with Gasteiger partial charge in [-0.25, -0.2) is 26.3 Å². The first-order valence-corrected chi connectivity index (χ1v) is 9.45. The third-order valence-corrected chi connectivity index (χ3v) is 5.45. The predicted molar refractivity (Wildman–Crippen MR) is 82.8 cm³/mol. The topological polar surface area (TPSA) is 131 Å². The normalized spacial score (nSPS) is 12.2. The molecule has 0 atom stereocenters. The molecule has 1 aromatic heterocycles. The number of hydrogen-bond acceptors (Lipinski definition) is 6. The van der Waals surface area contributed by atoms with Gasteiger partial charge in [0.1, 0.15) is 9.88 Å². The summed E-state index contributed by atoms with van der Waals surface area (Å²) < 4.78 is 51.1. The maximum absolute atomic E-state index is 11.9. The molecule has 0 saturated heterocycles. The molecule has 1 rings (SSSR count). The second-order valence-electron chi connectivity index (χ2n) is 3.96. The van der Waals surface area contributed by atoms with Gasteiger partial charge in [0.2, 0.25) is 20.0 Å².